The molecule has 0 aliphatic rings. The molecule has 130 valence electrons. The molecule has 0 amide bonds. The van der Waals surface area contributed by atoms with E-state index in [0.29, 0.717) is 12.1 Å². The van der Waals surface area contributed by atoms with Crippen LogP contribution in [0.25, 0.3) is 0 Å². The smallest absolute Gasteiger partial charge is 0.479 e. The Bertz CT molecular complexity index is 701. The van der Waals surface area contributed by atoms with E-state index in [9.17, 15) is 35.9 Å². The Morgan fingerprint density at radius 3 is 2.39 bits per heavy atom. The number of rotatable bonds is 6. The van der Waals surface area contributed by atoms with Crippen LogP contribution in [0.3, 0.4) is 0 Å². The van der Waals surface area contributed by atoms with Gasteiger partial charge in [-0.1, -0.05) is 6.07 Å². The SMILES string of the molecule is CC(O)(CNS(=O)(=O)c1cccc(OC(F)(F)F)c1F)C(=O)O. The number of hydrogen-bond acceptors (Lipinski definition) is 5. The van der Waals surface area contributed by atoms with Crippen molar-refractivity contribution in [3.63, 3.8) is 0 Å². The number of aliphatic hydroxyl groups is 1. The summed E-state index contributed by atoms with van der Waals surface area (Å²) in [6.07, 6.45) is -5.23. The number of carboxylic acids is 1. The molecule has 0 saturated heterocycles. The number of sulfonamides is 1. The molecule has 0 aliphatic carbocycles. The maximum atomic E-state index is 13.9. The minimum absolute atomic E-state index is 0.565. The number of benzene rings is 1. The van der Waals surface area contributed by atoms with Gasteiger partial charge in [-0.25, -0.2) is 22.3 Å². The lowest BCUT2D eigenvalue weighted by molar-refractivity contribution is -0.275. The van der Waals surface area contributed by atoms with Crippen molar-refractivity contribution in [3.8, 4) is 5.75 Å². The van der Waals surface area contributed by atoms with E-state index in [1.165, 1.54) is 0 Å². The first-order valence-electron chi connectivity index (χ1n) is 5.76. The first kappa shape index (κ1) is 19.1. The number of halogens is 4. The number of carbonyl (C=O) groups is 1. The van der Waals surface area contributed by atoms with Gasteiger partial charge in [-0.15, -0.1) is 13.2 Å². The number of carboxylic acid groups (broad SMARTS) is 1. The molecule has 3 N–H and O–H groups in total. The highest BCUT2D eigenvalue weighted by Crippen LogP contribution is 2.29. The molecule has 0 radical (unpaired) electrons. The Labute approximate surface area is 127 Å². The Morgan fingerprint density at radius 1 is 1.35 bits per heavy atom. The Morgan fingerprint density at radius 2 is 1.91 bits per heavy atom. The lowest BCUT2D eigenvalue weighted by Gasteiger charge is -2.18. The van der Waals surface area contributed by atoms with Crippen LogP contribution < -0.4 is 9.46 Å². The average molecular weight is 361 g/mol. The van der Waals surface area contributed by atoms with Crippen molar-refractivity contribution in [2.75, 3.05) is 6.54 Å². The second kappa shape index (κ2) is 6.29. The summed E-state index contributed by atoms with van der Waals surface area (Å²) in [5, 5.41) is 18.0. The lowest BCUT2D eigenvalue weighted by atomic mass is 10.1. The lowest BCUT2D eigenvalue weighted by Crippen LogP contribution is -2.46. The fraction of sp³-hybridized carbons (Fsp3) is 0.364. The summed E-state index contributed by atoms with van der Waals surface area (Å²) >= 11 is 0. The van der Waals surface area contributed by atoms with Crippen LogP contribution in [0.15, 0.2) is 23.1 Å². The van der Waals surface area contributed by atoms with E-state index in [1.807, 2.05) is 0 Å². The van der Waals surface area contributed by atoms with Crippen LogP contribution in [0.5, 0.6) is 5.75 Å². The van der Waals surface area contributed by atoms with Gasteiger partial charge in [-0.05, 0) is 19.1 Å². The number of alkyl halides is 3. The average Bonchev–Trinajstić information content (AvgIpc) is 2.37. The van der Waals surface area contributed by atoms with Gasteiger partial charge < -0.3 is 14.9 Å². The van der Waals surface area contributed by atoms with Gasteiger partial charge in [0, 0.05) is 0 Å². The molecule has 1 atom stereocenters. The summed E-state index contributed by atoms with van der Waals surface area (Å²) < 4.78 is 78.8. The molecule has 0 heterocycles. The van der Waals surface area contributed by atoms with Crippen molar-refractivity contribution in [2.45, 2.75) is 23.8 Å². The third kappa shape index (κ3) is 5.04. The number of hydrogen-bond donors (Lipinski definition) is 3. The first-order chi connectivity index (χ1) is 10.3. The summed E-state index contributed by atoms with van der Waals surface area (Å²) in [5.74, 6) is -4.94. The van der Waals surface area contributed by atoms with Crippen LogP contribution >= 0.6 is 0 Å². The van der Waals surface area contributed by atoms with Crippen LogP contribution in [-0.2, 0) is 14.8 Å². The molecule has 0 fully saturated rings. The first-order valence-corrected chi connectivity index (χ1v) is 7.24. The maximum absolute atomic E-state index is 13.9. The highest BCUT2D eigenvalue weighted by Gasteiger charge is 2.35. The maximum Gasteiger partial charge on any atom is 0.573 e. The molecule has 23 heavy (non-hydrogen) atoms. The Kier molecular flexibility index (Phi) is 5.23. The minimum atomic E-state index is -5.23. The molecule has 1 unspecified atom stereocenters. The van der Waals surface area contributed by atoms with Crippen LogP contribution in [-0.4, -0.2) is 43.1 Å². The third-order valence-corrected chi connectivity index (χ3v) is 3.93. The predicted octanol–water partition coefficient (Wildman–Crippen LogP) is 0.838. The minimum Gasteiger partial charge on any atom is -0.479 e. The van der Waals surface area contributed by atoms with Gasteiger partial charge in [0.25, 0.3) is 0 Å². The van der Waals surface area contributed by atoms with E-state index in [2.05, 4.69) is 4.74 Å². The van der Waals surface area contributed by atoms with Gasteiger partial charge in [0.15, 0.2) is 17.2 Å². The van der Waals surface area contributed by atoms with Gasteiger partial charge in [0.05, 0.1) is 6.54 Å². The van der Waals surface area contributed by atoms with Crippen LogP contribution in [0, 0.1) is 5.82 Å². The molecule has 0 saturated carbocycles. The zero-order chi connectivity index (χ0) is 18.1. The van der Waals surface area contributed by atoms with Crippen molar-refractivity contribution in [1.82, 2.24) is 4.72 Å². The van der Waals surface area contributed by atoms with Gasteiger partial charge in [-0.3, -0.25) is 0 Å². The number of ether oxygens (including phenoxy) is 1. The van der Waals surface area contributed by atoms with E-state index < -0.39 is 51.0 Å². The van der Waals surface area contributed by atoms with E-state index in [-0.39, 0.29) is 0 Å². The van der Waals surface area contributed by atoms with Gasteiger partial charge >= 0.3 is 12.3 Å². The van der Waals surface area contributed by atoms with Crippen molar-refractivity contribution in [3.05, 3.63) is 24.0 Å². The van der Waals surface area contributed by atoms with Crippen molar-refractivity contribution in [1.29, 1.82) is 0 Å². The Balaban J connectivity index is 3.10. The summed E-state index contributed by atoms with van der Waals surface area (Å²) in [6.45, 7) is -0.258. The topological polar surface area (TPSA) is 113 Å². The molecule has 1 aromatic rings. The molecule has 7 nitrogen and oxygen atoms in total. The highest BCUT2D eigenvalue weighted by molar-refractivity contribution is 7.89. The third-order valence-electron chi connectivity index (χ3n) is 2.51. The number of nitrogens with one attached hydrogen (secondary N) is 1. The van der Waals surface area contributed by atoms with Crippen LogP contribution in [0.1, 0.15) is 6.92 Å². The second-order valence-electron chi connectivity index (χ2n) is 4.52. The molecule has 0 aliphatic heterocycles. The fourth-order valence-electron chi connectivity index (χ4n) is 1.29. The van der Waals surface area contributed by atoms with Crippen LogP contribution in [0.4, 0.5) is 17.6 Å². The molecular formula is C11H11F4NO6S. The predicted molar refractivity (Wildman–Crippen MR) is 66.5 cm³/mol. The Hall–Kier alpha value is -1.92. The molecule has 1 rings (SSSR count). The largest absolute Gasteiger partial charge is 0.573 e. The summed E-state index contributed by atoms with van der Waals surface area (Å²) in [5.41, 5.74) is -2.50. The highest BCUT2D eigenvalue weighted by atomic mass is 32.2. The molecule has 0 bridgehead atoms. The zero-order valence-corrected chi connectivity index (χ0v) is 12.2. The number of aliphatic carboxylic acids is 1. The van der Waals surface area contributed by atoms with Crippen molar-refractivity contribution in [2.24, 2.45) is 0 Å². The molecule has 0 spiro atoms. The zero-order valence-electron chi connectivity index (χ0n) is 11.4. The summed E-state index contributed by atoms with van der Waals surface area (Å²) in [7, 11) is -4.73. The van der Waals surface area contributed by atoms with Gasteiger partial charge in [-0.2, -0.15) is 0 Å². The fourth-order valence-corrected chi connectivity index (χ4v) is 2.51. The van der Waals surface area contributed by atoms with E-state index in [1.54, 1.807) is 4.72 Å². The molecular weight excluding hydrogens is 350 g/mol. The standard InChI is InChI=1S/C11H11F4NO6S/c1-10(19,9(17)18)5-16-23(20,21)7-4-2-3-6(8(7)12)22-11(13,14)15/h2-4,16,19H,5H2,1H3,(H,17,18). The summed E-state index contributed by atoms with van der Waals surface area (Å²) in [4.78, 5) is 9.45. The summed E-state index contributed by atoms with van der Waals surface area (Å²) in [6, 6.07) is 2.01. The second-order valence-corrected chi connectivity index (χ2v) is 6.26. The monoisotopic (exact) mass is 361 g/mol. The van der Waals surface area contributed by atoms with Gasteiger partial charge in [0.1, 0.15) is 4.90 Å². The molecule has 0 aromatic heterocycles. The van der Waals surface area contributed by atoms with Crippen molar-refractivity contribution < 1.29 is 45.7 Å². The van der Waals surface area contributed by atoms with E-state index in [0.717, 1.165) is 13.0 Å². The van der Waals surface area contributed by atoms with Crippen molar-refractivity contribution >= 4 is 16.0 Å². The van der Waals surface area contributed by atoms with E-state index in [4.69, 9.17) is 5.11 Å². The van der Waals surface area contributed by atoms with Crippen LogP contribution in [0.2, 0.25) is 0 Å². The van der Waals surface area contributed by atoms with E-state index >= 15 is 0 Å². The van der Waals surface area contributed by atoms with Gasteiger partial charge in [0.2, 0.25) is 10.0 Å². The molecule has 1 aromatic carbocycles. The normalized spacial score (nSPS) is 15.0. The quantitative estimate of drug-likeness (QED) is 0.647. The molecule has 12 heteroatoms.